The van der Waals surface area contributed by atoms with Crippen molar-refractivity contribution in [1.82, 2.24) is 0 Å². The highest BCUT2D eigenvalue weighted by Crippen LogP contribution is 2.48. The second-order valence-corrected chi connectivity index (χ2v) is 8.49. The van der Waals surface area contributed by atoms with E-state index in [1.54, 1.807) is 18.2 Å². The van der Waals surface area contributed by atoms with Crippen LogP contribution in [0.5, 0.6) is 0 Å². The van der Waals surface area contributed by atoms with E-state index in [0.717, 1.165) is 24.0 Å². The fourth-order valence-corrected chi connectivity index (χ4v) is 4.39. The van der Waals surface area contributed by atoms with Crippen LogP contribution in [0.4, 0.5) is 10.1 Å². The maximum atomic E-state index is 13.6. The average molecular weight is 436 g/mol. The Labute approximate surface area is 183 Å². The highest BCUT2D eigenvalue weighted by molar-refractivity contribution is 6.38. The zero-order chi connectivity index (χ0) is 21.8. The van der Waals surface area contributed by atoms with Crippen molar-refractivity contribution in [2.45, 2.75) is 18.3 Å². The fraction of sp³-hybridized carbons (Fsp3) is 0.160. The summed E-state index contributed by atoms with van der Waals surface area (Å²) in [7, 11) is 0. The van der Waals surface area contributed by atoms with Gasteiger partial charge in [0.05, 0.1) is 22.9 Å². The Morgan fingerprint density at radius 1 is 1.06 bits per heavy atom. The van der Waals surface area contributed by atoms with E-state index in [4.69, 9.17) is 11.6 Å². The minimum Gasteiger partial charge on any atom is -0.506 e. The van der Waals surface area contributed by atoms with Gasteiger partial charge < -0.3 is 15.5 Å². The zero-order valence-corrected chi connectivity index (χ0v) is 17.2. The van der Waals surface area contributed by atoms with Crippen LogP contribution in [0.15, 0.2) is 60.7 Å². The molecule has 0 bridgehead atoms. The number of hydrogen-bond acceptors (Lipinski definition) is 3. The standard InChI is InChI=1S/C25H19ClFNO3/c26-20-12-21-19(22(24(31)28-21)23(30)15-2-1-3-17(27)10-15)11-18(20)14-4-6-16(7-5-14)25(13-29)8-9-25/h1-7,10-12,29-30H,8-9,13H2,(H,28,31). The van der Waals surface area contributed by atoms with Crippen LogP contribution in [0.25, 0.3) is 22.5 Å². The molecule has 1 heterocycles. The highest BCUT2D eigenvalue weighted by Gasteiger charge is 2.43. The second kappa shape index (κ2) is 7.22. The van der Waals surface area contributed by atoms with Crippen molar-refractivity contribution in [1.29, 1.82) is 0 Å². The van der Waals surface area contributed by atoms with E-state index in [-0.39, 0.29) is 28.9 Å². The minimum absolute atomic E-state index is 0.0763. The Morgan fingerprint density at radius 2 is 1.81 bits per heavy atom. The summed E-state index contributed by atoms with van der Waals surface area (Å²) in [6.45, 7) is 0.132. The Hall–Kier alpha value is -3.15. The van der Waals surface area contributed by atoms with E-state index in [1.807, 2.05) is 24.3 Å². The number of hydrogen-bond donors (Lipinski definition) is 3. The number of halogens is 2. The summed E-state index contributed by atoms with van der Waals surface area (Å²) in [5.74, 6) is -1.27. The molecule has 3 aromatic rings. The van der Waals surface area contributed by atoms with Crippen LogP contribution in [-0.2, 0) is 10.2 Å². The molecule has 6 heteroatoms. The molecule has 0 aromatic heterocycles. The smallest absolute Gasteiger partial charge is 0.260 e. The number of fused-ring (bicyclic) bond motifs is 1. The van der Waals surface area contributed by atoms with Crippen LogP contribution in [0.2, 0.25) is 5.02 Å². The van der Waals surface area contributed by atoms with Gasteiger partial charge in [0.25, 0.3) is 5.91 Å². The molecular weight excluding hydrogens is 417 g/mol. The number of anilines is 1. The number of aliphatic hydroxyl groups excluding tert-OH is 2. The molecular formula is C25H19ClFNO3. The maximum absolute atomic E-state index is 13.6. The van der Waals surface area contributed by atoms with Gasteiger partial charge in [0.1, 0.15) is 11.6 Å². The summed E-state index contributed by atoms with van der Waals surface area (Å²) in [4.78, 5) is 12.6. The molecule has 0 saturated heterocycles. The largest absolute Gasteiger partial charge is 0.506 e. The van der Waals surface area contributed by atoms with Crippen molar-refractivity contribution < 1.29 is 19.4 Å². The summed E-state index contributed by atoms with van der Waals surface area (Å²) >= 11 is 6.51. The van der Waals surface area contributed by atoms with Crippen LogP contribution in [-0.4, -0.2) is 22.7 Å². The third-order valence-corrected chi connectivity index (χ3v) is 6.46. The minimum atomic E-state index is -0.503. The van der Waals surface area contributed by atoms with Crippen molar-refractivity contribution in [3.63, 3.8) is 0 Å². The van der Waals surface area contributed by atoms with Crippen molar-refractivity contribution in [3.05, 3.63) is 88.2 Å². The lowest BCUT2D eigenvalue weighted by atomic mass is 9.93. The van der Waals surface area contributed by atoms with Gasteiger partial charge in [-0.05, 0) is 48.2 Å². The number of benzene rings is 3. The first-order valence-corrected chi connectivity index (χ1v) is 10.4. The lowest BCUT2D eigenvalue weighted by Gasteiger charge is -2.14. The van der Waals surface area contributed by atoms with Gasteiger partial charge in [-0.1, -0.05) is 48.0 Å². The maximum Gasteiger partial charge on any atom is 0.260 e. The molecule has 4 nitrogen and oxygen atoms in total. The van der Waals surface area contributed by atoms with Crippen molar-refractivity contribution in [2.24, 2.45) is 0 Å². The Balaban J connectivity index is 1.59. The van der Waals surface area contributed by atoms with Gasteiger partial charge in [0, 0.05) is 22.1 Å². The number of aliphatic hydroxyl groups is 2. The van der Waals surface area contributed by atoms with Gasteiger partial charge in [-0.25, -0.2) is 4.39 Å². The van der Waals surface area contributed by atoms with E-state index < -0.39 is 11.7 Å². The number of nitrogens with one attached hydrogen (secondary N) is 1. The zero-order valence-electron chi connectivity index (χ0n) is 16.5. The molecule has 0 spiro atoms. The van der Waals surface area contributed by atoms with Crippen LogP contribution in [0.3, 0.4) is 0 Å². The van der Waals surface area contributed by atoms with E-state index in [9.17, 15) is 19.4 Å². The fourth-order valence-electron chi connectivity index (χ4n) is 4.12. The molecule has 31 heavy (non-hydrogen) atoms. The molecule has 0 unspecified atom stereocenters. The topological polar surface area (TPSA) is 69.6 Å². The molecule has 1 aliphatic heterocycles. The third-order valence-electron chi connectivity index (χ3n) is 6.15. The third kappa shape index (κ3) is 3.30. The predicted molar refractivity (Wildman–Crippen MR) is 119 cm³/mol. The first-order chi connectivity index (χ1) is 14.9. The summed E-state index contributed by atoms with van der Waals surface area (Å²) in [5, 5.41) is 23.6. The SMILES string of the molecule is O=C1Nc2cc(Cl)c(-c3ccc(C4(CO)CC4)cc3)cc2C1=C(O)c1cccc(F)c1. The van der Waals surface area contributed by atoms with E-state index >= 15 is 0 Å². The van der Waals surface area contributed by atoms with Gasteiger partial charge in [0.15, 0.2) is 0 Å². The van der Waals surface area contributed by atoms with E-state index in [1.165, 1.54) is 18.2 Å². The first-order valence-electron chi connectivity index (χ1n) is 9.98. The van der Waals surface area contributed by atoms with Gasteiger partial charge >= 0.3 is 0 Å². The van der Waals surface area contributed by atoms with Crippen LogP contribution < -0.4 is 5.32 Å². The van der Waals surface area contributed by atoms with Crippen molar-refractivity contribution >= 4 is 34.5 Å². The van der Waals surface area contributed by atoms with E-state index in [2.05, 4.69) is 5.32 Å². The quantitative estimate of drug-likeness (QED) is 0.372. The van der Waals surface area contributed by atoms with Gasteiger partial charge in [-0.2, -0.15) is 0 Å². The van der Waals surface area contributed by atoms with Crippen LogP contribution >= 0.6 is 11.6 Å². The molecule has 0 radical (unpaired) electrons. The predicted octanol–water partition coefficient (Wildman–Crippen LogP) is 5.55. The molecule has 1 amide bonds. The summed E-state index contributed by atoms with van der Waals surface area (Å²) < 4.78 is 13.6. The number of carbonyl (C=O) groups excluding carboxylic acids is 1. The average Bonchev–Trinajstić information content (AvgIpc) is 3.50. The van der Waals surface area contributed by atoms with Crippen LogP contribution in [0.1, 0.15) is 29.5 Å². The van der Waals surface area contributed by atoms with Gasteiger partial charge in [0.2, 0.25) is 0 Å². The molecule has 1 fully saturated rings. The molecule has 2 aliphatic rings. The molecule has 0 atom stereocenters. The Bertz CT molecular complexity index is 1250. The summed E-state index contributed by atoms with van der Waals surface area (Å²) in [6.07, 6.45) is 1.95. The number of amides is 1. The molecule has 1 aliphatic carbocycles. The summed E-state index contributed by atoms with van der Waals surface area (Å²) in [5.41, 5.74) is 3.83. The number of rotatable bonds is 4. The van der Waals surface area contributed by atoms with Crippen LogP contribution in [0, 0.1) is 5.82 Å². The molecule has 3 N–H and O–H groups in total. The summed E-state index contributed by atoms with van der Waals surface area (Å²) in [6, 6.07) is 16.8. The Morgan fingerprint density at radius 3 is 2.45 bits per heavy atom. The lowest BCUT2D eigenvalue weighted by Crippen LogP contribution is -2.11. The normalized spacial score (nSPS) is 17.8. The van der Waals surface area contributed by atoms with E-state index in [0.29, 0.717) is 21.8 Å². The molecule has 156 valence electrons. The second-order valence-electron chi connectivity index (χ2n) is 8.08. The molecule has 1 saturated carbocycles. The van der Waals surface area contributed by atoms with Gasteiger partial charge in [-0.3, -0.25) is 4.79 Å². The van der Waals surface area contributed by atoms with Crippen molar-refractivity contribution in [2.75, 3.05) is 11.9 Å². The first kappa shape index (κ1) is 19.8. The molecule has 5 rings (SSSR count). The van der Waals surface area contributed by atoms with Crippen molar-refractivity contribution in [3.8, 4) is 11.1 Å². The Kier molecular flexibility index (Phi) is 4.61. The lowest BCUT2D eigenvalue weighted by molar-refractivity contribution is -0.110. The highest BCUT2D eigenvalue weighted by atomic mass is 35.5. The molecule has 3 aromatic carbocycles. The van der Waals surface area contributed by atoms with Gasteiger partial charge in [-0.15, -0.1) is 0 Å². The number of carbonyl (C=O) groups is 1. The monoisotopic (exact) mass is 435 g/mol.